The Morgan fingerprint density at radius 1 is 0.615 bits per heavy atom. The van der Waals surface area contributed by atoms with Gasteiger partial charge in [-0.2, -0.15) is 0 Å². The van der Waals surface area contributed by atoms with Crippen molar-refractivity contribution in [1.82, 2.24) is 0 Å². The molecule has 1 aliphatic rings. The molecule has 1 aliphatic carbocycles. The maximum atomic E-state index is 8.40. The van der Waals surface area contributed by atoms with Gasteiger partial charge in [0.2, 0.25) is 0 Å². The van der Waals surface area contributed by atoms with Gasteiger partial charge in [0, 0.05) is 22.1 Å². The predicted molar refractivity (Wildman–Crippen MR) is 112 cm³/mol. The molecule has 0 fully saturated rings. The van der Waals surface area contributed by atoms with E-state index in [1.165, 1.54) is 16.5 Å². The fourth-order valence-corrected chi connectivity index (χ4v) is 3.66. The van der Waals surface area contributed by atoms with E-state index in [0.29, 0.717) is 0 Å². The van der Waals surface area contributed by atoms with E-state index in [0.717, 1.165) is 27.5 Å². The van der Waals surface area contributed by atoms with E-state index < -0.39 is 0 Å². The van der Waals surface area contributed by atoms with Gasteiger partial charge in [-0.15, -0.1) is 0 Å². The molecule has 0 radical (unpaired) electrons. The second kappa shape index (κ2) is 5.74. The third-order valence-electron chi connectivity index (χ3n) is 4.86. The van der Waals surface area contributed by atoms with Crippen LogP contribution in [0.1, 0.15) is 11.1 Å². The monoisotopic (exact) mass is 335 g/mol. The van der Waals surface area contributed by atoms with Gasteiger partial charge in [-0.25, -0.2) is 0 Å². The summed E-state index contributed by atoms with van der Waals surface area (Å²) in [4.78, 5) is 0. The van der Waals surface area contributed by atoms with E-state index in [1.807, 2.05) is 30.3 Å². The summed E-state index contributed by atoms with van der Waals surface area (Å²) >= 11 is 0. The molecule has 4 aromatic carbocycles. The Bertz CT molecular complexity index is 1190. The van der Waals surface area contributed by atoms with Crippen LogP contribution in [0.2, 0.25) is 0 Å². The number of hydrogen-bond acceptors (Lipinski definition) is 1. The van der Waals surface area contributed by atoms with Crippen molar-refractivity contribution < 1.29 is 0 Å². The highest BCUT2D eigenvalue weighted by Crippen LogP contribution is 2.35. The molecule has 5 rings (SSSR count). The summed E-state index contributed by atoms with van der Waals surface area (Å²) in [6.07, 6.45) is 4.28. The molecule has 0 heterocycles. The lowest BCUT2D eigenvalue weighted by molar-refractivity contribution is 1.44. The van der Waals surface area contributed by atoms with Gasteiger partial charge in [-0.3, -0.25) is 5.41 Å². The van der Waals surface area contributed by atoms with Crippen molar-refractivity contribution in [2.45, 2.75) is 0 Å². The number of benzene rings is 4. The third kappa shape index (κ3) is 2.33. The average Bonchev–Trinajstić information content (AvgIpc) is 3.09. The molecule has 0 saturated carbocycles. The average molecular weight is 335 g/mol. The maximum Gasteiger partial charge on any atom is 0.197 e. The topological polar surface area (TPSA) is 47.9 Å². The number of guanidine groups is 1. The summed E-state index contributed by atoms with van der Waals surface area (Å²) in [6, 6.07) is 24.7. The van der Waals surface area contributed by atoms with Gasteiger partial charge in [-0.05, 0) is 34.0 Å². The van der Waals surface area contributed by atoms with Gasteiger partial charge in [0.05, 0.1) is 0 Å². The van der Waals surface area contributed by atoms with Gasteiger partial charge < -0.3 is 10.6 Å². The van der Waals surface area contributed by atoms with Crippen LogP contribution in [0.4, 0.5) is 11.4 Å². The van der Waals surface area contributed by atoms with Crippen molar-refractivity contribution in [3.05, 3.63) is 83.9 Å². The van der Waals surface area contributed by atoms with Crippen molar-refractivity contribution in [3.8, 4) is 0 Å². The summed E-state index contributed by atoms with van der Waals surface area (Å²) in [5, 5.41) is 19.5. The molecule has 3 nitrogen and oxygen atoms in total. The van der Waals surface area contributed by atoms with Crippen molar-refractivity contribution in [3.63, 3.8) is 0 Å². The molecule has 0 spiro atoms. The van der Waals surface area contributed by atoms with Crippen molar-refractivity contribution in [1.29, 1.82) is 5.41 Å². The first-order valence-electron chi connectivity index (χ1n) is 8.64. The zero-order valence-electron chi connectivity index (χ0n) is 14.1. The first kappa shape index (κ1) is 14.7. The van der Waals surface area contributed by atoms with Crippen LogP contribution in [0.15, 0.2) is 72.8 Å². The minimum Gasteiger partial charge on any atom is -0.326 e. The summed E-state index contributed by atoms with van der Waals surface area (Å²) in [6.45, 7) is 0. The number of fused-ring (bicyclic) bond motifs is 1. The summed E-state index contributed by atoms with van der Waals surface area (Å²) < 4.78 is 0. The maximum absolute atomic E-state index is 8.40. The Balaban J connectivity index is 1.47. The highest BCUT2D eigenvalue weighted by atomic mass is 15.1. The Kier molecular flexibility index (Phi) is 3.25. The minimum absolute atomic E-state index is 0.257. The zero-order chi connectivity index (χ0) is 17.5. The zero-order valence-corrected chi connectivity index (χ0v) is 14.1. The Morgan fingerprint density at radius 3 is 2.15 bits per heavy atom. The lowest BCUT2D eigenvalue weighted by Crippen LogP contribution is -2.20. The molecule has 26 heavy (non-hydrogen) atoms. The molecule has 0 unspecified atom stereocenters. The lowest BCUT2D eigenvalue weighted by atomic mass is 10.0. The van der Waals surface area contributed by atoms with Crippen LogP contribution in [-0.4, -0.2) is 5.96 Å². The van der Waals surface area contributed by atoms with E-state index >= 15 is 0 Å². The van der Waals surface area contributed by atoms with Crippen LogP contribution < -0.4 is 10.6 Å². The quantitative estimate of drug-likeness (QED) is 0.276. The fraction of sp³-hybridized carbons (Fsp3) is 0. The van der Waals surface area contributed by atoms with Gasteiger partial charge in [-0.1, -0.05) is 72.8 Å². The molecule has 0 aliphatic heterocycles. The van der Waals surface area contributed by atoms with Crippen LogP contribution in [0.5, 0.6) is 0 Å². The number of nitrogens with one attached hydrogen (secondary N) is 3. The summed E-state index contributed by atoms with van der Waals surface area (Å²) in [5.74, 6) is 0.257. The van der Waals surface area contributed by atoms with Crippen LogP contribution in [0.3, 0.4) is 0 Å². The molecule has 0 saturated heterocycles. The standard InChI is InChI=1S/C23H17N3/c24-23(25-20-10-4-6-15-5-1-2-8-18(15)20)26-21-14-13-17-12-11-16-7-3-9-19(21)22(16)17/h1-14H,(H3,24,25,26). The first-order valence-corrected chi connectivity index (χ1v) is 8.64. The SMILES string of the molecule is N=C(Nc1cccc2ccccc12)Nc1ccc2c3c(cccc13)C=C2. The molecule has 124 valence electrons. The van der Waals surface area contributed by atoms with Crippen molar-refractivity contribution >= 4 is 51.0 Å². The highest BCUT2D eigenvalue weighted by molar-refractivity contribution is 6.14. The highest BCUT2D eigenvalue weighted by Gasteiger charge is 2.12. The van der Waals surface area contributed by atoms with E-state index in [1.54, 1.807) is 0 Å². The van der Waals surface area contributed by atoms with Crippen molar-refractivity contribution in [2.24, 2.45) is 0 Å². The van der Waals surface area contributed by atoms with Gasteiger partial charge >= 0.3 is 0 Å². The Hall–Kier alpha value is -3.59. The number of rotatable bonds is 2. The van der Waals surface area contributed by atoms with Crippen molar-refractivity contribution in [2.75, 3.05) is 10.6 Å². The molecule has 0 amide bonds. The smallest absolute Gasteiger partial charge is 0.197 e. The Labute approximate surface area is 151 Å². The number of anilines is 2. The molecule has 0 aromatic heterocycles. The van der Waals surface area contributed by atoms with Crippen LogP contribution in [0, 0.1) is 5.41 Å². The summed E-state index contributed by atoms with van der Waals surface area (Å²) in [5.41, 5.74) is 4.32. The molecule has 4 aromatic rings. The fourth-order valence-electron chi connectivity index (χ4n) is 3.66. The number of hydrogen-bond donors (Lipinski definition) is 3. The van der Waals surface area contributed by atoms with Crippen LogP contribution in [-0.2, 0) is 0 Å². The third-order valence-corrected chi connectivity index (χ3v) is 4.86. The van der Waals surface area contributed by atoms with Gasteiger partial charge in [0.1, 0.15) is 0 Å². The molecule has 0 atom stereocenters. The molecule has 0 bridgehead atoms. The first-order chi connectivity index (χ1) is 12.8. The van der Waals surface area contributed by atoms with E-state index in [-0.39, 0.29) is 5.96 Å². The molecule has 3 N–H and O–H groups in total. The second-order valence-corrected chi connectivity index (χ2v) is 6.46. The normalized spacial score (nSPS) is 11.8. The van der Waals surface area contributed by atoms with E-state index in [2.05, 4.69) is 65.3 Å². The van der Waals surface area contributed by atoms with Gasteiger partial charge in [0.25, 0.3) is 0 Å². The molecular formula is C23H17N3. The van der Waals surface area contributed by atoms with Crippen LogP contribution in [0.25, 0.3) is 33.7 Å². The molecular weight excluding hydrogens is 318 g/mol. The Morgan fingerprint density at radius 2 is 1.27 bits per heavy atom. The van der Waals surface area contributed by atoms with E-state index in [9.17, 15) is 0 Å². The molecule has 3 heteroatoms. The largest absolute Gasteiger partial charge is 0.326 e. The minimum atomic E-state index is 0.257. The van der Waals surface area contributed by atoms with E-state index in [4.69, 9.17) is 5.41 Å². The lowest BCUT2D eigenvalue weighted by Gasteiger charge is -2.15. The van der Waals surface area contributed by atoms with Gasteiger partial charge in [0.15, 0.2) is 5.96 Å². The second-order valence-electron chi connectivity index (χ2n) is 6.46. The predicted octanol–water partition coefficient (Wildman–Crippen LogP) is 5.94. The van der Waals surface area contributed by atoms with Crippen LogP contribution >= 0.6 is 0 Å². The summed E-state index contributed by atoms with van der Waals surface area (Å²) in [7, 11) is 0.